The second-order valence-electron chi connectivity index (χ2n) is 2.01. The SMILES string of the molecule is CS(=O)(=O)c1ncoc1CO. The molecule has 11 heavy (non-hydrogen) atoms. The Hall–Kier alpha value is -0.880. The van der Waals surface area contributed by atoms with Crippen molar-refractivity contribution in [1.82, 2.24) is 4.98 Å². The van der Waals surface area contributed by atoms with E-state index in [-0.39, 0.29) is 10.8 Å². The van der Waals surface area contributed by atoms with Crippen LogP contribution in [-0.4, -0.2) is 24.8 Å². The molecule has 0 aliphatic rings. The zero-order valence-electron chi connectivity index (χ0n) is 5.81. The Kier molecular flexibility index (Phi) is 1.97. The average Bonchev–Trinajstić information content (AvgIpc) is 2.31. The van der Waals surface area contributed by atoms with Gasteiger partial charge in [0, 0.05) is 6.26 Å². The van der Waals surface area contributed by atoms with Gasteiger partial charge in [0.1, 0.15) is 6.61 Å². The molecule has 0 saturated carbocycles. The van der Waals surface area contributed by atoms with Crippen LogP contribution < -0.4 is 0 Å². The maximum atomic E-state index is 10.8. The Labute approximate surface area is 63.6 Å². The van der Waals surface area contributed by atoms with Crippen molar-refractivity contribution in [1.29, 1.82) is 0 Å². The lowest BCUT2D eigenvalue weighted by Gasteiger charge is -1.92. The van der Waals surface area contributed by atoms with E-state index in [0.717, 1.165) is 12.6 Å². The summed E-state index contributed by atoms with van der Waals surface area (Å²) in [5.41, 5.74) is 0. The monoisotopic (exact) mass is 177 g/mol. The zero-order valence-corrected chi connectivity index (χ0v) is 6.63. The topological polar surface area (TPSA) is 80.4 Å². The molecule has 1 rings (SSSR count). The molecule has 1 N–H and O–H groups in total. The standard InChI is InChI=1S/C5H7NO4S/c1-11(8,9)5-4(2-7)10-3-6-5/h3,7H,2H2,1H3. The summed E-state index contributed by atoms with van der Waals surface area (Å²) in [7, 11) is -3.37. The minimum atomic E-state index is -3.37. The number of nitrogens with zero attached hydrogens (tertiary/aromatic N) is 1. The van der Waals surface area contributed by atoms with Gasteiger partial charge in [0.15, 0.2) is 27.0 Å². The predicted octanol–water partition coefficient (Wildman–Crippen LogP) is -0.430. The summed E-state index contributed by atoms with van der Waals surface area (Å²) in [6, 6.07) is 0. The molecule has 0 aliphatic carbocycles. The minimum absolute atomic E-state index is 0.0208. The number of aliphatic hydroxyl groups is 1. The van der Waals surface area contributed by atoms with Crippen molar-refractivity contribution in [2.24, 2.45) is 0 Å². The quantitative estimate of drug-likeness (QED) is 0.663. The van der Waals surface area contributed by atoms with Gasteiger partial charge in [0.2, 0.25) is 0 Å². The van der Waals surface area contributed by atoms with Gasteiger partial charge in [-0.1, -0.05) is 0 Å². The van der Waals surface area contributed by atoms with Crippen LogP contribution in [0.5, 0.6) is 0 Å². The Morgan fingerprint density at radius 1 is 1.73 bits per heavy atom. The predicted molar refractivity (Wildman–Crippen MR) is 35.5 cm³/mol. The van der Waals surface area contributed by atoms with Gasteiger partial charge in [0.25, 0.3) is 0 Å². The number of aliphatic hydroxyl groups excluding tert-OH is 1. The van der Waals surface area contributed by atoms with Crippen LogP contribution in [-0.2, 0) is 16.4 Å². The second-order valence-corrected chi connectivity index (χ2v) is 3.94. The number of sulfone groups is 1. The first-order chi connectivity index (χ1) is 5.05. The smallest absolute Gasteiger partial charge is 0.198 e. The van der Waals surface area contributed by atoms with Gasteiger partial charge in [-0.05, 0) is 0 Å². The van der Waals surface area contributed by atoms with Crippen molar-refractivity contribution >= 4 is 9.84 Å². The molecular weight excluding hydrogens is 170 g/mol. The summed E-state index contributed by atoms with van der Waals surface area (Å²) in [6.07, 6.45) is 1.99. The maximum Gasteiger partial charge on any atom is 0.198 e. The third kappa shape index (κ3) is 1.58. The molecule has 0 aliphatic heterocycles. The molecule has 0 unspecified atom stereocenters. The van der Waals surface area contributed by atoms with Crippen molar-refractivity contribution in [3.8, 4) is 0 Å². The number of oxazole rings is 1. The summed E-state index contributed by atoms with van der Waals surface area (Å²) >= 11 is 0. The summed E-state index contributed by atoms with van der Waals surface area (Å²) in [5, 5.41) is 8.38. The van der Waals surface area contributed by atoms with Crippen LogP contribution >= 0.6 is 0 Å². The Balaban J connectivity index is 3.24. The second kappa shape index (κ2) is 2.63. The van der Waals surface area contributed by atoms with Crippen molar-refractivity contribution in [2.45, 2.75) is 11.6 Å². The van der Waals surface area contributed by atoms with Crippen molar-refractivity contribution < 1.29 is 17.9 Å². The van der Waals surface area contributed by atoms with Gasteiger partial charge >= 0.3 is 0 Å². The molecule has 0 atom stereocenters. The molecule has 6 heteroatoms. The van der Waals surface area contributed by atoms with E-state index in [1.165, 1.54) is 0 Å². The molecule has 1 aromatic heterocycles. The van der Waals surface area contributed by atoms with Crippen molar-refractivity contribution in [3.63, 3.8) is 0 Å². The van der Waals surface area contributed by atoms with E-state index in [1.807, 2.05) is 0 Å². The molecule has 0 amide bonds. The van der Waals surface area contributed by atoms with E-state index in [2.05, 4.69) is 9.40 Å². The third-order valence-corrected chi connectivity index (χ3v) is 2.13. The van der Waals surface area contributed by atoms with Crippen LogP contribution in [0.3, 0.4) is 0 Å². The van der Waals surface area contributed by atoms with E-state index in [0.29, 0.717) is 0 Å². The molecule has 1 heterocycles. The molecule has 0 aromatic carbocycles. The molecule has 5 nitrogen and oxygen atoms in total. The van der Waals surface area contributed by atoms with E-state index in [1.54, 1.807) is 0 Å². The molecule has 0 saturated heterocycles. The number of hydrogen-bond donors (Lipinski definition) is 1. The molecule has 62 valence electrons. The van der Waals surface area contributed by atoms with E-state index in [4.69, 9.17) is 5.11 Å². The average molecular weight is 177 g/mol. The van der Waals surface area contributed by atoms with E-state index < -0.39 is 16.4 Å². The lowest BCUT2D eigenvalue weighted by molar-refractivity contribution is 0.242. The highest BCUT2D eigenvalue weighted by atomic mass is 32.2. The van der Waals surface area contributed by atoms with Crippen LogP contribution in [0.4, 0.5) is 0 Å². The van der Waals surface area contributed by atoms with Gasteiger partial charge in [-0.15, -0.1) is 0 Å². The van der Waals surface area contributed by atoms with Gasteiger partial charge in [-0.25, -0.2) is 13.4 Å². The van der Waals surface area contributed by atoms with Gasteiger partial charge in [-0.2, -0.15) is 0 Å². The summed E-state index contributed by atoms with van der Waals surface area (Å²) in [5.74, 6) is -0.0208. The highest BCUT2D eigenvalue weighted by Crippen LogP contribution is 2.12. The first-order valence-corrected chi connectivity index (χ1v) is 4.68. The fourth-order valence-electron chi connectivity index (χ4n) is 0.668. The number of rotatable bonds is 2. The fraction of sp³-hybridized carbons (Fsp3) is 0.400. The van der Waals surface area contributed by atoms with Crippen LogP contribution in [0, 0.1) is 0 Å². The van der Waals surface area contributed by atoms with E-state index >= 15 is 0 Å². The lowest BCUT2D eigenvalue weighted by Crippen LogP contribution is -2.00. The summed E-state index contributed by atoms with van der Waals surface area (Å²) < 4.78 is 26.3. The van der Waals surface area contributed by atoms with Gasteiger partial charge < -0.3 is 9.52 Å². The van der Waals surface area contributed by atoms with Gasteiger partial charge in [0.05, 0.1) is 0 Å². The molecule has 1 aromatic rings. The van der Waals surface area contributed by atoms with Crippen molar-refractivity contribution in [2.75, 3.05) is 6.26 Å². The largest absolute Gasteiger partial charge is 0.445 e. The normalized spacial score (nSPS) is 11.8. The Morgan fingerprint density at radius 3 is 2.73 bits per heavy atom. The molecule has 0 spiro atoms. The third-order valence-electron chi connectivity index (χ3n) is 1.10. The van der Waals surface area contributed by atoms with Crippen LogP contribution in [0.2, 0.25) is 0 Å². The van der Waals surface area contributed by atoms with Crippen LogP contribution in [0.15, 0.2) is 15.8 Å². The van der Waals surface area contributed by atoms with Crippen LogP contribution in [0.25, 0.3) is 0 Å². The van der Waals surface area contributed by atoms with Gasteiger partial charge in [-0.3, -0.25) is 0 Å². The number of aromatic nitrogens is 1. The Morgan fingerprint density at radius 2 is 2.36 bits per heavy atom. The first kappa shape index (κ1) is 8.22. The zero-order chi connectivity index (χ0) is 8.48. The highest BCUT2D eigenvalue weighted by Gasteiger charge is 2.16. The summed E-state index contributed by atoms with van der Waals surface area (Å²) in [4.78, 5) is 3.44. The van der Waals surface area contributed by atoms with E-state index in [9.17, 15) is 8.42 Å². The highest BCUT2D eigenvalue weighted by molar-refractivity contribution is 7.90. The molecular formula is C5H7NO4S. The Bertz CT molecular complexity index is 339. The minimum Gasteiger partial charge on any atom is -0.445 e. The fourth-order valence-corrected chi connectivity index (χ4v) is 1.43. The van der Waals surface area contributed by atoms with Crippen LogP contribution in [0.1, 0.15) is 5.76 Å². The molecule has 0 radical (unpaired) electrons. The maximum absolute atomic E-state index is 10.8. The molecule has 0 bridgehead atoms. The van der Waals surface area contributed by atoms with Crippen molar-refractivity contribution in [3.05, 3.63) is 12.2 Å². The first-order valence-electron chi connectivity index (χ1n) is 2.79. The summed E-state index contributed by atoms with van der Waals surface area (Å²) in [6.45, 7) is -0.456. The number of hydrogen-bond acceptors (Lipinski definition) is 5. The lowest BCUT2D eigenvalue weighted by atomic mass is 10.6. The molecule has 0 fully saturated rings.